The first-order valence-corrected chi connectivity index (χ1v) is 3.83. The maximum absolute atomic E-state index is 11.8. The van der Waals surface area contributed by atoms with E-state index in [2.05, 4.69) is 9.72 Å². The van der Waals surface area contributed by atoms with E-state index in [-0.39, 0.29) is 6.54 Å². The van der Waals surface area contributed by atoms with Crippen LogP contribution in [0, 0.1) is 6.92 Å². The molecule has 6 heteroatoms. The molecule has 0 bridgehead atoms. The third kappa shape index (κ3) is 2.88. The summed E-state index contributed by atoms with van der Waals surface area (Å²) in [5.41, 5.74) is 6.64. The van der Waals surface area contributed by atoms with E-state index in [4.69, 9.17) is 5.73 Å². The molecule has 0 spiro atoms. The molecule has 0 saturated heterocycles. The number of halogens is 3. The van der Waals surface area contributed by atoms with Crippen LogP contribution >= 0.6 is 0 Å². The third-order valence-electron chi connectivity index (χ3n) is 1.63. The van der Waals surface area contributed by atoms with Gasteiger partial charge in [-0.25, -0.2) is 4.98 Å². The predicted octanol–water partition coefficient (Wildman–Crippen LogP) is 1.75. The average Bonchev–Trinajstić information content (AvgIpc) is 2.06. The summed E-state index contributed by atoms with van der Waals surface area (Å²) in [4.78, 5) is 3.47. The lowest BCUT2D eigenvalue weighted by molar-refractivity contribution is -0.276. The summed E-state index contributed by atoms with van der Waals surface area (Å²) in [6, 6.07) is 1.18. The zero-order chi connectivity index (χ0) is 10.8. The van der Waals surface area contributed by atoms with Crippen molar-refractivity contribution in [2.75, 3.05) is 0 Å². The van der Waals surface area contributed by atoms with E-state index in [1.165, 1.54) is 12.3 Å². The molecule has 3 nitrogen and oxygen atoms in total. The molecule has 14 heavy (non-hydrogen) atoms. The Hall–Kier alpha value is -1.30. The molecule has 2 N–H and O–H groups in total. The highest BCUT2D eigenvalue weighted by molar-refractivity contribution is 5.28. The number of pyridine rings is 1. The highest BCUT2D eigenvalue weighted by Crippen LogP contribution is 2.22. The normalized spacial score (nSPS) is 11.5. The van der Waals surface area contributed by atoms with Crippen LogP contribution in [0.2, 0.25) is 0 Å². The highest BCUT2D eigenvalue weighted by Gasteiger charge is 2.31. The van der Waals surface area contributed by atoms with Crippen molar-refractivity contribution in [1.82, 2.24) is 4.98 Å². The molecule has 0 saturated carbocycles. The molecule has 0 amide bonds. The molecule has 1 aromatic rings. The van der Waals surface area contributed by atoms with Crippen LogP contribution in [0.4, 0.5) is 13.2 Å². The van der Waals surface area contributed by atoms with E-state index < -0.39 is 12.2 Å². The number of ether oxygens (including phenoxy) is 1. The smallest absolute Gasteiger partial charge is 0.388 e. The zero-order valence-electron chi connectivity index (χ0n) is 7.43. The molecule has 0 aliphatic heterocycles. The summed E-state index contributed by atoms with van der Waals surface area (Å²) in [6.07, 6.45) is -3.42. The van der Waals surface area contributed by atoms with E-state index in [0.717, 1.165) is 5.56 Å². The molecule has 0 aliphatic carbocycles. The SMILES string of the molecule is Cc1cnc(OC(F)(F)F)cc1CN. The number of alkyl halides is 3. The van der Waals surface area contributed by atoms with Crippen LogP contribution < -0.4 is 10.5 Å². The van der Waals surface area contributed by atoms with Crippen LogP contribution in [0.1, 0.15) is 11.1 Å². The molecule has 1 aromatic heterocycles. The van der Waals surface area contributed by atoms with Crippen LogP contribution in [0.15, 0.2) is 12.3 Å². The van der Waals surface area contributed by atoms with Gasteiger partial charge in [0.1, 0.15) is 0 Å². The molecule has 1 rings (SSSR count). The molecule has 0 atom stereocenters. The number of nitrogens with two attached hydrogens (primary N) is 1. The van der Waals surface area contributed by atoms with Crippen molar-refractivity contribution in [2.45, 2.75) is 19.8 Å². The Labute approximate surface area is 78.7 Å². The lowest BCUT2D eigenvalue weighted by Crippen LogP contribution is -2.18. The largest absolute Gasteiger partial charge is 0.574 e. The first-order chi connectivity index (χ1) is 6.42. The van der Waals surface area contributed by atoms with Gasteiger partial charge in [-0.3, -0.25) is 0 Å². The van der Waals surface area contributed by atoms with Crippen molar-refractivity contribution in [2.24, 2.45) is 5.73 Å². The first kappa shape index (κ1) is 10.8. The lowest BCUT2D eigenvalue weighted by atomic mass is 10.1. The summed E-state index contributed by atoms with van der Waals surface area (Å²) >= 11 is 0. The number of aryl methyl sites for hydroxylation is 1. The fraction of sp³-hybridized carbons (Fsp3) is 0.375. The number of hydrogen-bond acceptors (Lipinski definition) is 3. The Morgan fingerprint density at radius 2 is 2.14 bits per heavy atom. The third-order valence-corrected chi connectivity index (χ3v) is 1.63. The molecule has 0 aromatic carbocycles. The predicted molar refractivity (Wildman–Crippen MR) is 43.5 cm³/mol. The second kappa shape index (κ2) is 3.83. The van der Waals surface area contributed by atoms with Crippen molar-refractivity contribution >= 4 is 0 Å². The van der Waals surface area contributed by atoms with Crippen molar-refractivity contribution in [3.05, 3.63) is 23.4 Å². The minimum atomic E-state index is -4.71. The standard InChI is InChI=1S/C8H9F3N2O/c1-5-4-13-7(2-6(5)3-12)14-8(9,10)11/h2,4H,3,12H2,1H3. The lowest BCUT2D eigenvalue weighted by Gasteiger charge is -2.09. The fourth-order valence-electron chi connectivity index (χ4n) is 0.938. The van der Waals surface area contributed by atoms with E-state index in [1.54, 1.807) is 6.92 Å². The van der Waals surface area contributed by atoms with Gasteiger partial charge in [0.15, 0.2) is 0 Å². The summed E-state index contributed by atoms with van der Waals surface area (Å²) in [5, 5.41) is 0. The molecule has 0 unspecified atom stereocenters. The van der Waals surface area contributed by atoms with E-state index in [9.17, 15) is 13.2 Å². The molecule has 0 radical (unpaired) electrons. The second-order valence-corrected chi connectivity index (χ2v) is 2.70. The van der Waals surface area contributed by atoms with Gasteiger partial charge in [-0.15, -0.1) is 13.2 Å². The second-order valence-electron chi connectivity index (χ2n) is 2.70. The number of aromatic nitrogens is 1. The maximum atomic E-state index is 11.8. The quantitative estimate of drug-likeness (QED) is 0.801. The molecule has 78 valence electrons. The van der Waals surface area contributed by atoms with Gasteiger partial charge in [-0.05, 0) is 18.1 Å². The minimum absolute atomic E-state index is 0.155. The zero-order valence-corrected chi connectivity index (χ0v) is 7.43. The summed E-state index contributed by atoms with van der Waals surface area (Å²) in [6.45, 7) is 1.87. The van der Waals surface area contributed by atoms with Gasteiger partial charge in [-0.1, -0.05) is 0 Å². The van der Waals surface area contributed by atoms with Gasteiger partial charge in [0.25, 0.3) is 0 Å². The summed E-state index contributed by atoms with van der Waals surface area (Å²) in [5.74, 6) is -0.483. The van der Waals surface area contributed by atoms with E-state index in [1.807, 2.05) is 0 Å². The van der Waals surface area contributed by atoms with Crippen molar-refractivity contribution < 1.29 is 17.9 Å². The monoisotopic (exact) mass is 206 g/mol. The maximum Gasteiger partial charge on any atom is 0.574 e. The molecule has 0 aliphatic rings. The van der Waals surface area contributed by atoms with Gasteiger partial charge in [0.2, 0.25) is 5.88 Å². The molecule has 0 fully saturated rings. The highest BCUT2D eigenvalue weighted by atomic mass is 19.4. The van der Waals surface area contributed by atoms with Gasteiger partial charge in [-0.2, -0.15) is 0 Å². The van der Waals surface area contributed by atoms with Gasteiger partial charge in [0, 0.05) is 18.8 Å². The Morgan fingerprint density at radius 3 is 2.64 bits per heavy atom. The Morgan fingerprint density at radius 1 is 1.50 bits per heavy atom. The Kier molecular flexibility index (Phi) is 2.95. The van der Waals surface area contributed by atoms with Crippen LogP contribution in [0.25, 0.3) is 0 Å². The van der Waals surface area contributed by atoms with Crippen molar-refractivity contribution in [3.8, 4) is 5.88 Å². The van der Waals surface area contributed by atoms with E-state index >= 15 is 0 Å². The first-order valence-electron chi connectivity index (χ1n) is 3.83. The number of rotatable bonds is 2. The van der Waals surface area contributed by atoms with Crippen LogP contribution in [-0.2, 0) is 6.54 Å². The summed E-state index contributed by atoms with van der Waals surface area (Å²) in [7, 11) is 0. The Bertz CT molecular complexity index is 325. The summed E-state index contributed by atoms with van der Waals surface area (Å²) < 4.78 is 39.0. The van der Waals surface area contributed by atoms with Gasteiger partial charge in [0.05, 0.1) is 0 Å². The van der Waals surface area contributed by atoms with Crippen LogP contribution in [-0.4, -0.2) is 11.3 Å². The van der Waals surface area contributed by atoms with Gasteiger partial charge < -0.3 is 10.5 Å². The van der Waals surface area contributed by atoms with Crippen LogP contribution in [0.5, 0.6) is 5.88 Å². The van der Waals surface area contributed by atoms with Crippen LogP contribution in [0.3, 0.4) is 0 Å². The van der Waals surface area contributed by atoms with Crippen molar-refractivity contribution in [1.29, 1.82) is 0 Å². The average molecular weight is 206 g/mol. The van der Waals surface area contributed by atoms with Crippen molar-refractivity contribution in [3.63, 3.8) is 0 Å². The fourth-order valence-corrected chi connectivity index (χ4v) is 0.938. The topological polar surface area (TPSA) is 48.1 Å². The Balaban J connectivity index is 2.90. The minimum Gasteiger partial charge on any atom is -0.388 e. The number of hydrogen-bond donors (Lipinski definition) is 1. The van der Waals surface area contributed by atoms with E-state index in [0.29, 0.717) is 5.56 Å². The van der Waals surface area contributed by atoms with Gasteiger partial charge >= 0.3 is 6.36 Å². The molecule has 1 heterocycles. The molecular formula is C8H9F3N2O. The number of nitrogens with zero attached hydrogens (tertiary/aromatic N) is 1. The molecular weight excluding hydrogens is 197 g/mol.